The third kappa shape index (κ3) is 8.76. The minimum atomic E-state index is -2.13. The number of carbonyl (C=O) groups excluding carboxylic acids is 3. The first kappa shape index (κ1) is 29.0. The first-order valence-electron chi connectivity index (χ1n) is 12.3. The summed E-state index contributed by atoms with van der Waals surface area (Å²) in [6.07, 6.45) is 0.740. The number of hydrogen-bond acceptors (Lipinski definition) is 7. The Labute approximate surface area is 211 Å². The second kappa shape index (κ2) is 11.2. The van der Waals surface area contributed by atoms with Crippen LogP contribution >= 0.6 is 0 Å². The van der Waals surface area contributed by atoms with Crippen molar-refractivity contribution in [1.29, 1.82) is 0 Å². The Bertz CT molecular complexity index is 889. The van der Waals surface area contributed by atoms with Gasteiger partial charge in [0.25, 0.3) is 5.97 Å². The van der Waals surface area contributed by atoms with Gasteiger partial charge in [-0.15, -0.1) is 0 Å². The lowest BCUT2D eigenvalue weighted by Crippen LogP contribution is -2.45. The quantitative estimate of drug-likeness (QED) is 0.204. The van der Waals surface area contributed by atoms with E-state index in [-0.39, 0.29) is 44.1 Å². The van der Waals surface area contributed by atoms with E-state index in [1.165, 1.54) is 0 Å². The molecule has 1 aromatic rings. The van der Waals surface area contributed by atoms with Gasteiger partial charge in [0.05, 0.1) is 22.9 Å². The number of hydrogen-bond donors (Lipinski definition) is 0. The normalized spacial score (nSPS) is 19.1. The first-order valence-corrected chi connectivity index (χ1v) is 15.7. The molecule has 0 amide bonds. The molecular weight excluding hydrogens is 464 g/mol. The summed E-state index contributed by atoms with van der Waals surface area (Å²) >= 11 is 0. The van der Waals surface area contributed by atoms with Crippen molar-refractivity contribution in [2.75, 3.05) is 13.2 Å². The summed E-state index contributed by atoms with van der Waals surface area (Å²) in [5.74, 6) is -1.17. The number of esters is 2. The SMILES string of the molecule is CCC(C)(CC(C)(CC(C)(C)C(=O)O[Si](C)(C)C)C(=O)OCC1CO1)C(=O)OCc1ccccc1. The lowest BCUT2D eigenvalue weighted by molar-refractivity contribution is -0.168. The second-order valence-electron chi connectivity index (χ2n) is 11.8. The Balaban J connectivity index is 2.25. The lowest BCUT2D eigenvalue weighted by Gasteiger charge is -2.40. The van der Waals surface area contributed by atoms with Gasteiger partial charge in [-0.2, -0.15) is 0 Å². The third-order valence-corrected chi connectivity index (χ3v) is 7.14. The van der Waals surface area contributed by atoms with Crippen molar-refractivity contribution in [3.63, 3.8) is 0 Å². The number of rotatable bonds is 13. The predicted octanol–water partition coefficient (Wildman–Crippen LogP) is 5.28. The molecule has 0 N–H and O–H groups in total. The fourth-order valence-electron chi connectivity index (χ4n) is 4.28. The smallest absolute Gasteiger partial charge is 0.312 e. The van der Waals surface area contributed by atoms with Gasteiger partial charge in [-0.3, -0.25) is 14.4 Å². The van der Waals surface area contributed by atoms with Crippen LogP contribution in [0.4, 0.5) is 0 Å². The third-order valence-electron chi connectivity index (χ3n) is 6.35. The zero-order valence-electron chi connectivity index (χ0n) is 22.6. The van der Waals surface area contributed by atoms with Crippen LogP contribution in [0.15, 0.2) is 30.3 Å². The van der Waals surface area contributed by atoms with E-state index in [0.717, 1.165) is 5.56 Å². The van der Waals surface area contributed by atoms with Crippen molar-refractivity contribution in [3.8, 4) is 0 Å². The molecule has 0 aromatic heterocycles. The van der Waals surface area contributed by atoms with Crippen LogP contribution in [0.25, 0.3) is 0 Å². The fourth-order valence-corrected chi connectivity index (χ4v) is 5.11. The Morgan fingerprint density at radius 2 is 1.49 bits per heavy atom. The maximum absolute atomic E-state index is 13.4. The molecule has 0 aliphatic carbocycles. The van der Waals surface area contributed by atoms with Crippen LogP contribution in [0.1, 0.15) is 59.4 Å². The molecule has 1 aliphatic heterocycles. The molecule has 0 spiro atoms. The van der Waals surface area contributed by atoms with Gasteiger partial charge >= 0.3 is 11.9 Å². The van der Waals surface area contributed by atoms with Crippen LogP contribution in [0.2, 0.25) is 19.6 Å². The molecule has 7 nitrogen and oxygen atoms in total. The standard InChI is InChI=1S/C27H42O7Si/c1-9-26(4,23(29)32-15-20-13-11-10-12-14-20)19-27(5,24(30)33-17-21-16-31-21)18-25(2,3)22(28)34-35(6,7)8/h10-14,21H,9,15-19H2,1-8H3. The van der Waals surface area contributed by atoms with E-state index in [1.807, 2.05) is 63.8 Å². The summed E-state index contributed by atoms with van der Waals surface area (Å²) in [6, 6.07) is 9.47. The lowest BCUT2D eigenvalue weighted by atomic mass is 9.65. The molecule has 8 heteroatoms. The van der Waals surface area contributed by atoms with Crippen LogP contribution in [-0.2, 0) is 39.6 Å². The van der Waals surface area contributed by atoms with E-state index in [0.29, 0.717) is 13.0 Å². The maximum atomic E-state index is 13.4. The highest BCUT2D eigenvalue weighted by Crippen LogP contribution is 2.46. The summed E-state index contributed by atoms with van der Waals surface area (Å²) in [6.45, 7) is 15.8. The van der Waals surface area contributed by atoms with Crippen LogP contribution in [-0.4, -0.2) is 45.5 Å². The fraction of sp³-hybridized carbons (Fsp3) is 0.667. The van der Waals surface area contributed by atoms with E-state index < -0.39 is 30.5 Å². The molecule has 0 bridgehead atoms. The summed E-state index contributed by atoms with van der Waals surface area (Å²) in [5.41, 5.74) is -2.13. The molecule has 1 heterocycles. The number of ether oxygens (including phenoxy) is 3. The van der Waals surface area contributed by atoms with Gasteiger partial charge in [0.2, 0.25) is 8.32 Å². The molecule has 1 fully saturated rings. The molecule has 3 unspecified atom stereocenters. The van der Waals surface area contributed by atoms with Gasteiger partial charge in [0, 0.05) is 0 Å². The topological polar surface area (TPSA) is 91.4 Å². The molecule has 1 aromatic carbocycles. The molecule has 1 aliphatic rings. The van der Waals surface area contributed by atoms with Crippen LogP contribution < -0.4 is 0 Å². The minimum Gasteiger partial charge on any atom is -0.519 e. The number of carbonyl (C=O) groups is 3. The van der Waals surface area contributed by atoms with Crippen LogP contribution in [0.5, 0.6) is 0 Å². The number of benzene rings is 1. The Morgan fingerprint density at radius 3 is 2.00 bits per heavy atom. The Hall–Kier alpha value is -2.19. The van der Waals surface area contributed by atoms with Gasteiger partial charge < -0.3 is 18.6 Å². The van der Waals surface area contributed by atoms with E-state index in [1.54, 1.807) is 20.8 Å². The highest BCUT2D eigenvalue weighted by Gasteiger charge is 2.50. The highest BCUT2D eigenvalue weighted by atomic mass is 28.4. The van der Waals surface area contributed by atoms with Crippen molar-refractivity contribution in [1.82, 2.24) is 0 Å². The molecule has 1 saturated heterocycles. The Morgan fingerprint density at radius 1 is 0.914 bits per heavy atom. The first-order chi connectivity index (χ1) is 16.1. The molecular formula is C27H42O7Si. The monoisotopic (exact) mass is 506 g/mol. The molecule has 35 heavy (non-hydrogen) atoms. The zero-order chi connectivity index (χ0) is 26.5. The molecule has 196 valence electrons. The predicted molar refractivity (Wildman–Crippen MR) is 136 cm³/mol. The maximum Gasteiger partial charge on any atom is 0.312 e. The van der Waals surface area contributed by atoms with Gasteiger partial charge in [-0.1, -0.05) is 37.3 Å². The average molecular weight is 507 g/mol. The van der Waals surface area contributed by atoms with Crippen molar-refractivity contribution in [3.05, 3.63) is 35.9 Å². The molecule has 2 rings (SSSR count). The highest BCUT2D eigenvalue weighted by molar-refractivity contribution is 6.71. The summed E-state index contributed by atoms with van der Waals surface area (Å²) in [5, 5.41) is 0. The largest absolute Gasteiger partial charge is 0.519 e. The van der Waals surface area contributed by atoms with Crippen LogP contribution in [0, 0.1) is 16.2 Å². The van der Waals surface area contributed by atoms with Gasteiger partial charge in [0.15, 0.2) is 0 Å². The molecule has 0 radical (unpaired) electrons. The average Bonchev–Trinajstić information content (AvgIpc) is 3.59. The van der Waals surface area contributed by atoms with Crippen molar-refractivity contribution >= 4 is 26.2 Å². The van der Waals surface area contributed by atoms with Crippen molar-refractivity contribution in [2.24, 2.45) is 16.2 Å². The summed E-state index contributed by atoms with van der Waals surface area (Å²) < 4.78 is 22.2. The molecule has 3 atom stereocenters. The van der Waals surface area contributed by atoms with Gasteiger partial charge in [-0.05, 0) is 72.2 Å². The van der Waals surface area contributed by atoms with Crippen molar-refractivity contribution < 1.29 is 33.0 Å². The van der Waals surface area contributed by atoms with E-state index >= 15 is 0 Å². The summed E-state index contributed by atoms with van der Waals surface area (Å²) in [7, 11) is -2.13. The van der Waals surface area contributed by atoms with E-state index in [2.05, 4.69) is 0 Å². The Kier molecular flexibility index (Phi) is 9.33. The van der Waals surface area contributed by atoms with Crippen molar-refractivity contribution in [2.45, 2.75) is 86.2 Å². The second-order valence-corrected chi connectivity index (χ2v) is 16.3. The van der Waals surface area contributed by atoms with E-state index in [4.69, 9.17) is 18.6 Å². The zero-order valence-corrected chi connectivity index (χ0v) is 23.6. The van der Waals surface area contributed by atoms with Gasteiger partial charge in [0.1, 0.15) is 19.3 Å². The minimum absolute atomic E-state index is 0.0820. The van der Waals surface area contributed by atoms with E-state index in [9.17, 15) is 14.4 Å². The summed E-state index contributed by atoms with van der Waals surface area (Å²) in [4.78, 5) is 39.7. The molecule has 0 saturated carbocycles. The van der Waals surface area contributed by atoms with Crippen LogP contribution in [0.3, 0.4) is 0 Å². The number of epoxide rings is 1. The van der Waals surface area contributed by atoms with Gasteiger partial charge in [-0.25, -0.2) is 0 Å².